The fourth-order valence-electron chi connectivity index (χ4n) is 2.78. The normalized spacial score (nSPS) is 17.8. The van der Waals surface area contributed by atoms with Crippen molar-refractivity contribution in [2.75, 3.05) is 6.61 Å². The van der Waals surface area contributed by atoms with E-state index in [1.807, 2.05) is 35.6 Å². The van der Waals surface area contributed by atoms with Gasteiger partial charge >= 0.3 is 0 Å². The Morgan fingerprint density at radius 1 is 1.32 bits per heavy atom. The smallest absolute Gasteiger partial charge is 0.256 e. The number of aromatic hydroxyl groups is 1. The van der Waals surface area contributed by atoms with Crippen LogP contribution in [0, 0.1) is 0 Å². The average molecular weight is 398 g/mol. The number of phenolic OH excluding ortho intramolecular Hbond substituents is 1. The molecule has 1 saturated heterocycles. The Labute approximate surface area is 156 Å². The van der Waals surface area contributed by atoms with Crippen molar-refractivity contribution in [2.24, 2.45) is 0 Å². The Kier molecular flexibility index (Phi) is 4.95. The van der Waals surface area contributed by atoms with Gasteiger partial charge in [0.1, 0.15) is 21.4 Å². The van der Waals surface area contributed by atoms with Gasteiger partial charge in [-0.3, -0.25) is 4.79 Å². The van der Waals surface area contributed by atoms with Crippen LogP contribution in [0.2, 0.25) is 0 Å². The second-order valence-corrected chi connectivity index (χ2v) is 6.85. The van der Waals surface area contributed by atoms with Crippen molar-refractivity contribution in [1.29, 1.82) is 0 Å². The highest BCUT2D eigenvalue weighted by molar-refractivity contribution is 9.10. The molecule has 2 unspecified atom stereocenters. The number of phenols is 1. The first-order valence-electron chi connectivity index (χ1n) is 7.58. The Balaban J connectivity index is 2.05. The highest BCUT2D eigenvalue weighted by Gasteiger charge is 2.37. The van der Waals surface area contributed by atoms with E-state index in [4.69, 9.17) is 20.4 Å². The second kappa shape index (κ2) is 6.86. The van der Waals surface area contributed by atoms with Crippen LogP contribution in [0.25, 0.3) is 0 Å². The molecule has 1 aliphatic rings. The minimum atomic E-state index is -2.38. The molecule has 1 amide bonds. The molecular weight excluding hydrogens is 384 g/mol. The fourth-order valence-corrected chi connectivity index (χ4v) is 3.26. The van der Waals surface area contributed by atoms with E-state index < -0.39 is 11.4 Å². The summed E-state index contributed by atoms with van der Waals surface area (Å²) < 4.78 is 6.04. The molecule has 124 valence electrons. The minimum Gasteiger partial charge on any atom is -0.507 e. The van der Waals surface area contributed by atoms with Gasteiger partial charge in [-0.1, -0.05) is 46.3 Å². The molecule has 8 heteroatoms. The van der Waals surface area contributed by atoms with Crippen molar-refractivity contribution in [3.05, 3.63) is 63.6 Å². The highest BCUT2D eigenvalue weighted by Crippen LogP contribution is 2.42. The van der Waals surface area contributed by atoms with E-state index >= 15 is 0 Å². The summed E-state index contributed by atoms with van der Waals surface area (Å²) in [6.07, 6.45) is -0.0838. The van der Waals surface area contributed by atoms with Gasteiger partial charge in [-0.25, -0.2) is 0 Å². The first-order chi connectivity index (χ1) is 11.8. The lowest BCUT2D eigenvalue weighted by atomic mass is 9.73. The molecule has 4 radical (unpaired) electrons. The molecule has 1 aliphatic heterocycles. The number of amides is 1. The zero-order valence-corrected chi connectivity index (χ0v) is 14.7. The summed E-state index contributed by atoms with van der Waals surface area (Å²) in [4.78, 5) is 12.3. The molecule has 0 spiro atoms. The van der Waals surface area contributed by atoms with Crippen molar-refractivity contribution in [3.8, 4) is 5.75 Å². The van der Waals surface area contributed by atoms with Crippen LogP contribution in [0.5, 0.6) is 5.75 Å². The molecule has 3 rings (SSSR count). The van der Waals surface area contributed by atoms with E-state index in [1.54, 1.807) is 6.07 Å². The number of epoxide rings is 1. The number of ether oxygens (including phenoxy) is 1. The summed E-state index contributed by atoms with van der Waals surface area (Å²) in [6, 6.07) is 12.7. The van der Waals surface area contributed by atoms with Crippen molar-refractivity contribution in [3.63, 3.8) is 0 Å². The molecule has 1 heterocycles. The summed E-state index contributed by atoms with van der Waals surface area (Å²) >= 11 is 3.35. The predicted molar refractivity (Wildman–Crippen MR) is 97.8 cm³/mol. The van der Waals surface area contributed by atoms with Gasteiger partial charge in [-0.05, 0) is 17.7 Å². The Morgan fingerprint density at radius 2 is 1.96 bits per heavy atom. The van der Waals surface area contributed by atoms with E-state index in [-0.39, 0.29) is 23.3 Å². The van der Waals surface area contributed by atoms with Crippen molar-refractivity contribution in [2.45, 2.75) is 17.5 Å². The molecule has 0 aliphatic carbocycles. The van der Waals surface area contributed by atoms with Gasteiger partial charge in [-0.15, -0.1) is 0 Å². The maximum Gasteiger partial charge on any atom is 0.256 e. The molecule has 25 heavy (non-hydrogen) atoms. The summed E-state index contributed by atoms with van der Waals surface area (Å²) in [5, 5.41) is 22.1. The van der Waals surface area contributed by atoms with Gasteiger partial charge in [0.2, 0.25) is 0 Å². The zero-order valence-electron chi connectivity index (χ0n) is 13.1. The lowest BCUT2D eigenvalue weighted by Gasteiger charge is -2.23. The lowest BCUT2D eigenvalue weighted by molar-refractivity contribution is 0.0838. The van der Waals surface area contributed by atoms with E-state index in [1.165, 1.54) is 6.07 Å². The molecule has 2 aromatic rings. The summed E-state index contributed by atoms with van der Waals surface area (Å²) in [5.74, 6) is -1.25. The number of hydrogen-bond acceptors (Lipinski definition) is 4. The third kappa shape index (κ3) is 4.26. The van der Waals surface area contributed by atoms with Gasteiger partial charge < -0.3 is 20.3 Å². The van der Waals surface area contributed by atoms with Gasteiger partial charge in [0.05, 0.1) is 18.3 Å². The molecule has 3 N–H and O–H groups in total. The molecule has 2 atom stereocenters. The van der Waals surface area contributed by atoms with E-state index in [2.05, 4.69) is 15.9 Å². The van der Waals surface area contributed by atoms with Crippen molar-refractivity contribution >= 4 is 37.5 Å². The largest absolute Gasteiger partial charge is 0.507 e. The van der Waals surface area contributed by atoms with E-state index in [0.717, 1.165) is 5.56 Å². The summed E-state index contributed by atoms with van der Waals surface area (Å²) in [6.45, 7) is 0.568. The summed E-state index contributed by atoms with van der Waals surface area (Å²) in [5.41, 5.74) is -0.949. The predicted octanol–water partition coefficient (Wildman–Crippen LogP) is 1.36. The van der Waals surface area contributed by atoms with Crippen LogP contribution in [-0.2, 0) is 4.74 Å². The SMILES string of the molecule is [B]C([B])(O)NC(=O)c1cc(Br)cc(C(c2ccccc2)C2CO2)c1O. The Morgan fingerprint density at radius 3 is 2.52 bits per heavy atom. The highest BCUT2D eigenvalue weighted by atomic mass is 79.9. The summed E-state index contributed by atoms with van der Waals surface area (Å²) in [7, 11) is 10.4. The molecule has 1 fully saturated rings. The molecule has 0 saturated carbocycles. The van der Waals surface area contributed by atoms with E-state index in [9.17, 15) is 15.0 Å². The maximum absolute atomic E-state index is 12.3. The minimum absolute atomic E-state index is 0.0553. The van der Waals surface area contributed by atoms with Crippen LogP contribution >= 0.6 is 15.9 Å². The second-order valence-electron chi connectivity index (χ2n) is 5.93. The topological polar surface area (TPSA) is 82.1 Å². The number of rotatable bonds is 5. The van der Waals surface area contributed by atoms with Crippen LogP contribution in [0.4, 0.5) is 0 Å². The number of hydrogen-bond donors (Lipinski definition) is 3. The van der Waals surface area contributed by atoms with E-state index in [0.29, 0.717) is 16.6 Å². The van der Waals surface area contributed by atoms with Crippen LogP contribution in [0.1, 0.15) is 27.4 Å². The molecule has 0 bridgehead atoms. The number of aliphatic hydroxyl groups is 1. The maximum atomic E-state index is 12.3. The van der Waals surface area contributed by atoms with Crippen molar-refractivity contribution < 1.29 is 19.7 Å². The quantitative estimate of drug-likeness (QED) is 0.404. The monoisotopic (exact) mass is 397 g/mol. The number of nitrogens with one attached hydrogen (secondary N) is 1. The van der Waals surface area contributed by atoms with Crippen molar-refractivity contribution in [1.82, 2.24) is 5.32 Å². The fraction of sp³-hybridized carbons (Fsp3) is 0.235. The third-order valence-corrected chi connectivity index (χ3v) is 4.35. The first-order valence-corrected chi connectivity index (χ1v) is 8.37. The molecule has 2 aromatic carbocycles. The van der Waals surface area contributed by atoms with Crippen LogP contribution < -0.4 is 5.32 Å². The van der Waals surface area contributed by atoms with Crippen LogP contribution in [0.15, 0.2) is 46.9 Å². The van der Waals surface area contributed by atoms with Crippen LogP contribution in [-0.4, -0.2) is 50.0 Å². The standard InChI is InChI=1S/C17H14B2BrNO4/c18-17(19,24)21-16(23)12-7-10(20)6-11(15(12)22)14(13-8-25-13)9-4-2-1-3-5-9/h1-7,13-14,22,24H,8H2,(H,21,23). The average Bonchev–Trinajstić information content (AvgIpc) is 3.35. The third-order valence-electron chi connectivity index (χ3n) is 3.89. The van der Waals surface area contributed by atoms with Gasteiger partial charge in [-0.2, -0.15) is 0 Å². The molecular formula is C17H14B2BrNO4. The van der Waals surface area contributed by atoms with Gasteiger partial charge in [0.25, 0.3) is 5.91 Å². The molecule has 5 nitrogen and oxygen atoms in total. The Bertz CT molecular complexity index is 791. The zero-order chi connectivity index (χ0) is 18.2. The van der Waals surface area contributed by atoms with Gasteiger partial charge in [0.15, 0.2) is 0 Å². The van der Waals surface area contributed by atoms with Gasteiger partial charge in [0, 0.05) is 21.5 Å². The number of benzene rings is 2. The Hall–Kier alpha value is -1.76. The number of carbonyl (C=O) groups excluding carboxylic acids is 1. The first kappa shape index (κ1) is 18.0. The number of halogens is 1. The van der Waals surface area contributed by atoms with Crippen LogP contribution in [0.3, 0.4) is 0 Å². The number of carbonyl (C=O) groups is 1. The lowest BCUT2D eigenvalue weighted by Crippen LogP contribution is -2.49. The molecule has 0 aromatic heterocycles.